The number of carbonyl (C=O) groups excluding carboxylic acids is 2. The lowest BCUT2D eigenvalue weighted by atomic mass is 10.0. The fourth-order valence-corrected chi connectivity index (χ4v) is 3.02. The van der Waals surface area contributed by atoms with Gasteiger partial charge in [-0.25, -0.2) is 9.78 Å². The maximum Gasteiger partial charge on any atom is 0.338 e. The van der Waals surface area contributed by atoms with Crippen LogP contribution in [0.25, 0.3) is 10.9 Å². The Morgan fingerprint density at radius 2 is 1.89 bits per heavy atom. The van der Waals surface area contributed by atoms with Gasteiger partial charge in [-0.05, 0) is 50.2 Å². The first-order chi connectivity index (χ1) is 13.1. The second-order valence-electron chi connectivity index (χ2n) is 6.19. The molecule has 0 unspecified atom stereocenters. The molecule has 0 fully saturated rings. The summed E-state index contributed by atoms with van der Waals surface area (Å²) in [7, 11) is 0. The van der Waals surface area contributed by atoms with Gasteiger partial charge in [-0.15, -0.1) is 0 Å². The molecule has 0 aliphatic carbocycles. The van der Waals surface area contributed by atoms with Crippen molar-refractivity contribution in [2.45, 2.75) is 13.8 Å². The highest BCUT2D eigenvalue weighted by Crippen LogP contribution is 2.33. The van der Waals surface area contributed by atoms with Crippen molar-refractivity contribution in [1.82, 2.24) is 4.98 Å². The molecule has 0 radical (unpaired) electrons. The van der Waals surface area contributed by atoms with Gasteiger partial charge in [0.1, 0.15) is 5.69 Å². The van der Waals surface area contributed by atoms with Gasteiger partial charge in [-0.2, -0.15) is 0 Å². The van der Waals surface area contributed by atoms with Crippen molar-refractivity contribution in [2.24, 2.45) is 0 Å². The third kappa shape index (κ3) is 3.10. The molecule has 4 rings (SSSR count). The summed E-state index contributed by atoms with van der Waals surface area (Å²) in [6, 6.07) is 12.0. The number of ketones is 1. The fourth-order valence-electron chi connectivity index (χ4n) is 3.02. The van der Waals surface area contributed by atoms with Gasteiger partial charge in [0.25, 0.3) is 0 Å². The van der Waals surface area contributed by atoms with Gasteiger partial charge in [0.05, 0.1) is 17.7 Å². The summed E-state index contributed by atoms with van der Waals surface area (Å²) in [6.07, 6.45) is 0. The Hall–Kier alpha value is -3.41. The molecule has 1 aliphatic heterocycles. The summed E-state index contributed by atoms with van der Waals surface area (Å²) in [5, 5.41) is 0.663. The lowest BCUT2D eigenvalue weighted by Crippen LogP contribution is -2.11. The van der Waals surface area contributed by atoms with Crippen LogP contribution in [-0.4, -0.2) is 30.1 Å². The van der Waals surface area contributed by atoms with E-state index in [4.69, 9.17) is 14.2 Å². The molecule has 1 aromatic heterocycles. The average molecular weight is 363 g/mol. The van der Waals surface area contributed by atoms with Gasteiger partial charge in [0.15, 0.2) is 11.5 Å². The maximum atomic E-state index is 13.0. The third-order valence-corrected chi connectivity index (χ3v) is 4.33. The number of esters is 1. The van der Waals surface area contributed by atoms with Crippen molar-refractivity contribution in [2.75, 3.05) is 13.4 Å². The quantitative estimate of drug-likeness (QED) is 0.520. The smallest absolute Gasteiger partial charge is 0.338 e. The van der Waals surface area contributed by atoms with Crippen LogP contribution in [-0.2, 0) is 4.74 Å². The number of rotatable bonds is 4. The Labute approximate surface area is 155 Å². The zero-order chi connectivity index (χ0) is 19.0. The SMILES string of the molecule is CCOC(=O)c1cc(C(=O)c2ccc3c(c2)OCO3)nc2ccc(C)cc12. The van der Waals surface area contributed by atoms with E-state index in [1.54, 1.807) is 31.2 Å². The molecule has 2 heterocycles. The summed E-state index contributed by atoms with van der Waals surface area (Å²) >= 11 is 0. The van der Waals surface area contributed by atoms with Crippen LogP contribution in [0.3, 0.4) is 0 Å². The van der Waals surface area contributed by atoms with E-state index in [1.807, 2.05) is 19.1 Å². The molecule has 3 aromatic rings. The van der Waals surface area contributed by atoms with E-state index < -0.39 is 5.97 Å². The number of aryl methyl sites for hydroxylation is 1. The van der Waals surface area contributed by atoms with Crippen molar-refractivity contribution < 1.29 is 23.8 Å². The number of ether oxygens (including phenoxy) is 3. The molecule has 0 saturated heterocycles. The lowest BCUT2D eigenvalue weighted by Gasteiger charge is -2.10. The van der Waals surface area contributed by atoms with Crippen molar-refractivity contribution in [3.05, 3.63) is 64.8 Å². The molecule has 0 spiro atoms. The van der Waals surface area contributed by atoms with Crippen molar-refractivity contribution in [3.63, 3.8) is 0 Å². The Balaban J connectivity index is 1.82. The molecule has 136 valence electrons. The molecule has 6 heteroatoms. The number of fused-ring (bicyclic) bond motifs is 2. The number of hydrogen-bond donors (Lipinski definition) is 0. The largest absolute Gasteiger partial charge is 0.462 e. The Morgan fingerprint density at radius 1 is 1.07 bits per heavy atom. The van der Waals surface area contributed by atoms with Gasteiger partial charge in [0.2, 0.25) is 12.6 Å². The average Bonchev–Trinajstić information content (AvgIpc) is 3.14. The summed E-state index contributed by atoms with van der Waals surface area (Å²) in [5.41, 5.74) is 2.47. The second kappa shape index (κ2) is 6.72. The van der Waals surface area contributed by atoms with Gasteiger partial charge >= 0.3 is 5.97 Å². The Bertz CT molecular complexity index is 1070. The molecule has 1 aliphatic rings. The minimum atomic E-state index is -0.477. The van der Waals surface area contributed by atoms with E-state index in [2.05, 4.69) is 4.98 Å². The number of carbonyl (C=O) groups is 2. The second-order valence-corrected chi connectivity index (χ2v) is 6.19. The number of pyridine rings is 1. The first-order valence-corrected chi connectivity index (χ1v) is 8.59. The summed E-state index contributed by atoms with van der Waals surface area (Å²) < 4.78 is 15.8. The number of aromatic nitrogens is 1. The highest BCUT2D eigenvalue weighted by molar-refractivity contribution is 6.12. The van der Waals surface area contributed by atoms with Gasteiger partial charge in [-0.3, -0.25) is 4.79 Å². The third-order valence-electron chi connectivity index (χ3n) is 4.33. The van der Waals surface area contributed by atoms with Crippen LogP contribution in [0.15, 0.2) is 42.5 Å². The van der Waals surface area contributed by atoms with E-state index in [1.165, 1.54) is 6.07 Å². The van der Waals surface area contributed by atoms with Crippen LogP contribution in [0.5, 0.6) is 11.5 Å². The van der Waals surface area contributed by atoms with Crippen LogP contribution in [0.4, 0.5) is 0 Å². The normalized spacial score (nSPS) is 12.2. The lowest BCUT2D eigenvalue weighted by molar-refractivity contribution is 0.0528. The molecule has 0 amide bonds. The van der Waals surface area contributed by atoms with E-state index in [0.29, 0.717) is 33.5 Å². The van der Waals surface area contributed by atoms with Crippen molar-refractivity contribution in [1.29, 1.82) is 0 Å². The maximum absolute atomic E-state index is 13.0. The fraction of sp³-hybridized carbons (Fsp3) is 0.190. The summed E-state index contributed by atoms with van der Waals surface area (Å²) in [5.74, 6) is 0.333. The molecular formula is C21H17NO5. The van der Waals surface area contributed by atoms with E-state index >= 15 is 0 Å². The standard InChI is InChI=1S/C21H17NO5/c1-3-25-21(24)15-10-17(22-16-6-4-12(2)8-14(15)16)20(23)13-5-7-18-19(9-13)27-11-26-18/h4-10H,3,11H2,1-2H3. The molecule has 0 N–H and O–H groups in total. The first kappa shape index (κ1) is 17.0. The topological polar surface area (TPSA) is 74.7 Å². The minimum Gasteiger partial charge on any atom is -0.462 e. The van der Waals surface area contributed by atoms with Crippen LogP contribution >= 0.6 is 0 Å². The van der Waals surface area contributed by atoms with Gasteiger partial charge < -0.3 is 14.2 Å². The summed E-state index contributed by atoms with van der Waals surface area (Å²) in [6.45, 7) is 4.05. The zero-order valence-electron chi connectivity index (χ0n) is 14.9. The van der Waals surface area contributed by atoms with E-state index in [9.17, 15) is 9.59 Å². The van der Waals surface area contributed by atoms with Crippen LogP contribution in [0, 0.1) is 6.92 Å². The zero-order valence-corrected chi connectivity index (χ0v) is 14.9. The van der Waals surface area contributed by atoms with Crippen LogP contribution in [0.1, 0.15) is 38.9 Å². The molecule has 0 bridgehead atoms. The monoisotopic (exact) mass is 363 g/mol. The first-order valence-electron chi connectivity index (χ1n) is 8.59. The van der Waals surface area contributed by atoms with Gasteiger partial charge in [-0.1, -0.05) is 11.6 Å². The highest BCUT2D eigenvalue weighted by atomic mass is 16.7. The Kier molecular flexibility index (Phi) is 4.24. The molecule has 27 heavy (non-hydrogen) atoms. The van der Waals surface area contributed by atoms with Crippen molar-refractivity contribution >= 4 is 22.7 Å². The molecule has 0 saturated carbocycles. The number of hydrogen-bond acceptors (Lipinski definition) is 6. The molecule has 0 atom stereocenters. The predicted molar refractivity (Wildman–Crippen MR) is 98.4 cm³/mol. The van der Waals surface area contributed by atoms with Crippen LogP contribution < -0.4 is 9.47 Å². The van der Waals surface area contributed by atoms with E-state index in [-0.39, 0.29) is 24.9 Å². The van der Waals surface area contributed by atoms with Crippen molar-refractivity contribution in [3.8, 4) is 11.5 Å². The molecule has 6 nitrogen and oxygen atoms in total. The Morgan fingerprint density at radius 3 is 2.70 bits per heavy atom. The van der Waals surface area contributed by atoms with Crippen LogP contribution in [0.2, 0.25) is 0 Å². The van der Waals surface area contributed by atoms with E-state index in [0.717, 1.165) is 5.56 Å². The minimum absolute atomic E-state index is 0.132. The highest BCUT2D eigenvalue weighted by Gasteiger charge is 2.21. The molecule has 2 aromatic carbocycles. The van der Waals surface area contributed by atoms with Gasteiger partial charge in [0, 0.05) is 10.9 Å². The number of benzene rings is 2. The predicted octanol–water partition coefficient (Wildman–Crippen LogP) is 3.68. The molecular weight excluding hydrogens is 346 g/mol. The summed E-state index contributed by atoms with van der Waals surface area (Å²) in [4.78, 5) is 29.9. The number of nitrogens with zero attached hydrogens (tertiary/aromatic N) is 1.